The van der Waals surface area contributed by atoms with Crippen LogP contribution in [0, 0.1) is 0 Å². The van der Waals surface area contributed by atoms with Crippen LogP contribution in [0.15, 0.2) is 241 Å². The highest BCUT2D eigenvalue weighted by Gasteiger charge is 2.24. The maximum Gasteiger partial charge on any atom is 0.143 e. The van der Waals surface area contributed by atoms with Gasteiger partial charge in [0.05, 0.1) is 11.0 Å². The zero-order valence-corrected chi connectivity index (χ0v) is 35.9. The number of fused-ring (bicyclic) bond motifs is 10. The molecule has 0 fully saturated rings. The van der Waals surface area contributed by atoms with E-state index in [1.54, 1.807) is 0 Å². The minimum absolute atomic E-state index is 0.877. The van der Waals surface area contributed by atoms with Crippen molar-refractivity contribution >= 4 is 86.8 Å². The fraction of sp³-hybridized carbons (Fsp3) is 0. The predicted octanol–water partition coefficient (Wildman–Crippen LogP) is 18.0. The minimum Gasteiger partial charge on any atom is -0.455 e. The average molecular weight is 838 g/mol. The summed E-state index contributed by atoms with van der Waals surface area (Å²) in [7, 11) is 0. The predicted molar refractivity (Wildman–Crippen MR) is 280 cm³/mol. The number of benzene rings is 12. The maximum atomic E-state index is 7.12. The lowest BCUT2D eigenvalue weighted by Gasteiger charge is -2.18. The molecule has 0 unspecified atom stereocenters. The number of aromatic nitrogens is 1. The van der Waals surface area contributed by atoms with E-state index in [0.717, 1.165) is 33.2 Å². The van der Waals surface area contributed by atoms with E-state index in [4.69, 9.17) is 4.42 Å². The Bertz CT molecular complexity index is 4100. The number of furan rings is 1. The quantitative estimate of drug-likeness (QED) is 0.158. The van der Waals surface area contributed by atoms with Crippen LogP contribution in [-0.2, 0) is 0 Å². The zero-order valence-electron chi connectivity index (χ0n) is 35.9. The topological polar surface area (TPSA) is 18.1 Å². The molecule has 0 bridgehead atoms. The monoisotopic (exact) mass is 837 g/mol. The van der Waals surface area contributed by atoms with Gasteiger partial charge in [0.2, 0.25) is 0 Å². The van der Waals surface area contributed by atoms with Gasteiger partial charge in [0.15, 0.2) is 0 Å². The summed E-state index contributed by atoms with van der Waals surface area (Å²) in [6, 6.07) is 86.3. The molecule has 0 saturated heterocycles. The van der Waals surface area contributed by atoms with Crippen LogP contribution in [-0.4, -0.2) is 4.57 Å². The van der Waals surface area contributed by atoms with Crippen molar-refractivity contribution in [2.45, 2.75) is 0 Å². The third-order valence-electron chi connectivity index (χ3n) is 14.0. The first-order chi connectivity index (χ1) is 32.8. The molecule has 2 heteroatoms. The van der Waals surface area contributed by atoms with Gasteiger partial charge in [0.1, 0.15) is 11.2 Å². The van der Waals surface area contributed by atoms with Crippen molar-refractivity contribution in [3.8, 4) is 50.2 Å². The summed E-state index contributed by atoms with van der Waals surface area (Å²) in [5, 5.41) is 14.5. The molecule has 66 heavy (non-hydrogen) atoms. The van der Waals surface area contributed by atoms with Crippen molar-refractivity contribution in [3.05, 3.63) is 237 Å². The van der Waals surface area contributed by atoms with Gasteiger partial charge < -0.3 is 8.98 Å². The molecule has 0 aliphatic carbocycles. The molecule has 14 aromatic rings. The molecule has 0 atom stereocenters. The number of para-hydroxylation sites is 3. The zero-order chi connectivity index (χ0) is 43.3. The van der Waals surface area contributed by atoms with Crippen LogP contribution in [0.5, 0.6) is 0 Å². The molecule has 0 amide bonds. The SMILES string of the molecule is c1ccc(-c2c3ccccc3c(-c3cccc4c3oc3cccc(-c5c6ccccc6c(-c6ccc(-n7c8ccccc8c8ccccc87)cc6)c6ccccc56)c34)c3ccccc23)cc1. The van der Waals surface area contributed by atoms with Gasteiger partial charge in [0.25, 0.3) is 0 Å². The second-order valence-corrected chi connectivity index (χ2v) is 17.4. The van der Waals surface area contributed by atoms with Crippen LogP contribution in [0.1, 0.15) is 0 Å². The average Bonchev–Trinajstić information content (AvgIpc) is 3.94. The van der Waals surface area contributed by atoms with Gasteiger partial charge in [-0.25, -0.2) is 0 Å². The first kappa shape index (κ1) is 36.7. The molecule has 306 valence electrons. The van der Waals surface area contributed by atoms with Gasteiger partial charge in [-0.1, -0.05) is 206 Å². The van der Waals surface area contributed by atoms with Crippen LogP contribution < -0.4 is 0 Å². The number of hydrogen-bond acceptors (Lipinski definition) is 1. The summed E-state index contributed by atoms with van der Waals surface area (Å²) in [5.41, 5.74) is 14.9. The molecule has 0 aliphatic heterocycles. The van der Waals surface area contributed by atoms with E-state index in [0.29, 0.717) is 0 Å². The lowest BCUT2D eigenvalue weighted by molar-refractivity contribution is 0.670. The summed E-state index contributed by atoms with van der Waals surface area (Å²) in [6.45, 7) is 0. The van der Waals surface area contributed by atoms with Crippen molar-refractivity contribution in [2.75, 3.05) is 0 Å². The lowest BCUT2D eigenvalue weighted by Crippen LogP contribution is -1.94. The van der Waals surface area contributed by atoms with Gasteiger partial charge in [-0.15, -0.1) is 0 Å². The van der Waals surface area contributed by atoms with Crippen LogP contribution in [0.25, 0.3) is 137 Å². The van der Waals surface area contributed by atoms with Gasteiger partial charge >= 0.3 is 0 Å². The maximum absolute atomic E-state index is 7.12. The highest BCUT2D eigenvalue weighted by atomic mass is 16.3. The Morgan fingerprint density at radius 3 is 1.15 bits per heavy atom. The number of nitrogens with zero attached hydrogens (tertiary/aromatic N) is 1. The van der Waals surface area contributed by atoms with E-state index in [2.05, 4.69) is 241 Å². The van der Waals surface area contributed by atoms with Crippen molar-refractivity contribution in [1.29, 1.82) is 0 Å². The Labute approximate surface area is 380 Å². The van der Waals surface area contributed by atoms with E-state index < -0.39 is 0 Å². The first-order valence-electron chi connectivity index (χ1n) is 22.8. The molecule has 0 saturated carbocycles. The Hall–Kier alpha value is -8.72. The lowest BCUT2D eigenvalue weighted by atomic mass is 9.84. The van der Waals surface area contributed by atoms with Crippen molar-refractivity contribution in [1.82, 2.24) is 4.57 Å². The number of hydrogen-bond donors (Lipinski definition) is 0. The van der Waals surface area contributed by atoms with Crippen molar-refractivity contribution < 1.29 is 4.42 Å². The van der Waals surface area contributed by atoms with Gasteiger partial charge in [-0.3, -0.25) is 0 Å². The molecule has 0 aliphatic rings. The molecular weight excluding hydrogens is 799 g/mol. The second kappa shape index (κ2) is 14.4. The Morgan fingerprint density at radius 2 is 0.636 bits per heavy atom. The van der Waals surface area contributed by atoms with Crippen LogP contribution in [0.4, 0.5) is 0 Å². The minimum atomic E-state index is 0.877. The summed E-state index contributed by atoms with van der Waals surface area (Å²) in [6.07, 6.45) is 0. The van der Waals surface area contributed by atoms with Gasteiger partial charge in [0, 0.05) is 38.4 Å². The van der Waals surface area contributed by atoms with Gasteiger partial charge in [-0.05, 0) is 107 Å². The highest BCUT2D eigenvalue weighted by molar-refractivity contribution is 6.28. The third-order valence-corrected chi connectivity index (χ3v) is 14.0. The second-order valence-electron chi connectivity index (χ2n) is 17.4. The summed E-state index contributed by atoms with van der Waals surface area (Å²) in [4.78, 5) is 0. The highest BCUT2D eigenvalue weighted by Crippen LogP contribution is 2.50. The molecule has 14 rings (SSSR count). The fourth-order valence-electron chi connectivity index (χ4n) is 11.3. The van der Waals surface area contributed by atoms with Crippen LogP contribution >= 0.6 is 0 Å². The van der Waals surface area contributed by atoms with E-state index in [1.165, 1.54) is 104 Å². The standard InChI is InChI=1S/C64H39NO/c1-2-18-40(19-3-1)59-47-24-6-10-28-51(47)62(52-29-11-7-25-48(52)59)54-31-16-32-55-63-53(30-17-35-58(63)66-64(54)55)61-49-26-8-4-22-45(49)60(46-23-5-9-27-50(46)61)41-36-38-42(39-37-41)65-56-33-14-12-20-43(56)44-21-13-15-34-57(44)65/h1-39H. The Kier molecular flexibility index (Phi) is 8.02. The molecule has 0 radical (unpaired) electrons. The smallest absolute Gasteiger partial charge is 0.143 e. The number of rotatable bonds is 5. The fourth-order valence-corrected chi connectivity index (χ4v) is 11.3. The molecule has 12 aromatic carbocycles. The molecule has 2 heterocycles. The van der Waals surface area contributed by atoms with Gasteiger partial charge in [-0.2, -0.15) is 0 Å². The summed E-state index contributed by atoms with van der Waals surface area (Å²) >= 11 is 0. The molecule has 2 aromatic heterocycles. The van der Waals surface area contributed by atoms with Crippen LogP contribution in [0.2, 0.25) is 0 Å². The molecule has 0 N–H and O–H groups in total. The summed E-state index contributed by atoms with van der Waals surface area (Å²) in [5.74, 6) is 0. The molecular formula is C64H39NO. The molecule has 0 spiro atoms. The van der Waals surface area contributed by atoms with E-state index in [-0.39, 0.29) is 0 Å². The summed E-state index contributed by atoms with van der Waals surface area (Å²) < 4.78 is 9.51. The van der Waals surface area contributed by atoms with E-state index in [1.807, 2.05) is 0 Å². The van der Waals surface area contributed by atoms with Crippen LogP contribution in [0.3, 0.4) is 0 Å². The van der Waals surface area contributed by atoms with Crippen molar-refractivity contribution in [3.63, 3.8) is 0 Å². The Morgan fingerprint density at radius 1 is 0.258 bits per heavy atom. The largest absolute Gasteiger partial charge is 0.455 e. The van der Waals surface area contributed by atoms with Crippen molar-refractivity contribution in [2.24, 2.45) is 0 Å². The Balaban J connectivity index is 0.988. The van der Waals surface area contributed by atoms with E-state index in [9.17, 15) is 0 Å². The third kappa shape index (κ3) is 5.30. The molecule has 2 nitrogen and oxygen atoms in total. The van der Waals surface area contributed by atoms with E-state index >= 15 is 0 Å². The first-order valence-corrected chi connectivity index (χ1v) is 22.8. The normalized spacial score (nSPS) is 11.9.